The molecule has 1 atom stereocenters. The number of likely N-dealkylation sites (N-methyl/N-ethyl adjacent to an activating group) is 1. The molecular formula is C17H27N3O. The minimum Gasteiger partial charge on any atom is -0.377 e. The fourth-order valence-electron chi connectivity index (χ4n) is 2.73. The summed E-state index contributed by atoms with van der Waals surface area (Å²) in [4.78, 5) is 0. The van der Waals surface area contributed by atoms with Crippen molar-refractivity contribution in [3.8, 4) is 0 Å². The molecule has 0 bridgehead atoms. The largest absolute Gasteiger partial charge is 0.377 e. The maximum Gasteiger partial charge on any atom is 0.0778 e. The van der Waals surface area contributed by atoms with E-state index in [1.165, 1.54) is 10.9 Å². The first-order valence-corrected chi connectivity index (χ1v) is 7.76. The molecule has 1 unspecified atom stereocenters. The van der Waals surface area contributed by atoms with Crippen molar-refractivity contribution < 1.29 is 4.74 Å². The lowest BCUT2D eigenvalue weighted by atomic mass is 9.93. The Morgan fingerprint density at radius 2 is 2.00 bits per heavy atom. The van der Waals surface area contributed by atoms with Crippen LogP contribution in [-0.4, -0.2) is 35.1 Å². The highest BCUT2D eigenvalue weighted by Crippen LogP contribution is 2.23. The summed E-state index contributed by atoms with van der Waals surface area (Å²) >= 11 is 0. The zero-order valence-corrected chi connectivity index (χ0v) is 13.8. The molecule has 1 heterocycles. The van der Waals surface area contributed by atoms with Crippen LogP contribution in [0.15, 0.2) is 24.3 Å². The third-order valence-corrected chi connectivity index (χ3v) is 4.25. The van der Waals surface area contributed by atoms with Crippen LogP contribution in [-0.2, 0) is 17.7 Å². The lowest BCUT2D eigenvalue weighted by molar-refractivity contribution is -0.00979. The molecule has 0 radical (unpaired) electrons. The zero-order chi connectivity index (χ0) is 15.5. The highest BCUT2D eigenvalue weighted by molar-refractivity contribution is 5.82. The summed E-state index contributed by atoms with van der Waals surface area (Å²) in [7, 11) is 1.77. The second-order valence-corrected chi connectivity index (χ2v) is 5.90. The molecule has 0 fully saturated rings. The topological polar surface area (TPSA) is 39.1 Å². The van der Waals surface area contributed by atoms with Crippen LogP contribution in [0.5, 0.6) is 0 Å². The van der Waals surface area contributed by atoms with Crippen molar-refractivity contribution in [3.05, 3.63) is 30.0 Å². The van der Waals surface area contributed by atoms with Crippen molar-refractivity contribution in [1.82, 2.24) is 15.1 Å². The third-order valence-electron chi connectivity index (χ3n) is 4.25. The average molecular weight is 289 g/mol. The first-order chi connectivity index (χ1) is 10.0. The van der Waals surface area contributed by atoms with Gasteiger partial charge < -0.3 is 10.1 Å². The fraction of sp³-hybridized carbons (Fsp3) is 0.588. The Balaban J connectivity index is 2.37. The molecule has 1 aromatic heterocycles. The van der Waals surface area contributed by atoms with E-state index in [-0.39, 0.29) is 11.6 Å². The van der Waals surface area contributed by atoms with Gasteiger partial charge in [0.2, 0.25) is 0 Å². The summed E-state index contributed by atoms with van der Waals surface area (Å²) in [6.45, 7) is 10.3. The van der Waals surface area contributed by atoms with Gasteiger partial charge in [0.05, 0.1) is 16.8 Å². The summed E-state index contributed by atoms with van der Waals surface area (Å²) in [5.74, 6) is 0. The summed E-state index contributed by atoms with van der Waals surface area (Å²) in [5, 5.41) is 9.58. The lowest BCUT2D eigenvalue weighted by Crippen LogP contribution is -2.49. The van der Waals surface area contributed by atoms with Crippen LogP contribution in [0.4, 0.5) is 0 Å². The number of nitrogens with one attached hydrogen (secondary N) is 1. The van der Waals surface area contributed by atoms with E-state index in [9.17, 15) is 0 Å². The Hall–Kier alpha value is -1.39. The number of fused-ring (bicyclic) bond motifs is 1. The molecule has 4 nitrogen and oxygen atoms in total. The highest BCUT2D eigenvalue weighted by Gasteiger charge is 2.30. The number of ether oxygens (including phenoxy) is 1. The number of aryl methyl sites for hydroxylation is 1. The molecule has 21 heavy (non-hydrogen) atoms. The van der Waals surface area contributed by atoms with E-state index in [4.69, 9.17) is 9.84 Å². The Bertz CT molecular complexity index is 589. The van der Waals surface area contributed by atoms with Crippen molar-refractivity contribution in [2.24, 2.45) is 0 Å². The van der Waals surface area contributed by atoms with Gasteiger partial charge in [-0.15, -0.1) is 0 Å². The molecule has 4 heteroatoms. The molecule has 0 aliphatic carbocycles. The molecule has 2 rings (SSSR count). The minimum atomic E-state index is -0.229. The van der Waals surface area contributed by atoms with Gasteiger partial charge in [-0.2, -0.15) is 5.10 Å². The zero-order valence-electron chi connectivity index (χ0n) is 13.8. The van der Waals surface area contributed by atoms with Crippen LogP contribution in [0.25, 0.3) is 10.9 Å². The number of benzene rings is 1. The van der Waals surface area contributed by atoms with Gasteiger partial charge in [0.15, 0.2) is 0 Å². The highest BCUT2D eigenvalue weighted by atomic mass is 16.5. The van der Waals surface area contributed by atoms with E-state index in [0.29, 0.717) is 0 Å². The fourth-order valence-corrected chi connectivity index (χ4v) is 2.73. The van der Waals surface area contributed by atoms with E-state index in [0.717, 1.165) is 25.2 Å². The van der Waals surface area contributed by atoms with Crippen LogP contribution >= 0.6 is 0 Å². The van der Waals surface area contributed by atoms with E-state index in [1.54, 1.807) is 7.11 Å². The Morgan fingerprint density at radius 1 is 1.29 bits per heavy atom. The van der Waals surface area contributed by atoms with Crippen LogP contribution < -0.4 is 5.32 Å². The SMILES string of the molecule is CCNC(Cc1nn(CC)c2ccccc12)C(C)(C)OC. The second kappa shape index (κ2) is 6.58. The van der Waals surface area contributed by atoms with Gasteiger partial charge in [0.1, 0.15) is 0 Å². The number of hydrogen-bond donors (Lipinski definition) is 1. The monoisotopic (exact) mass is 289 g/mol. The number of para-hydroxylation sites is 1. The van der Waals surface area contributed by atoms with Gasteiger partial charge in [-0.05, 0) is 33.4 Å². The van der Waals surface area contributed by atoms with Crippen LogP contribution in [0.3, 0.4) is 0 Å². The standard InChI is InChI=1S/C17H27N3O/c1-6-18-16(17(3,4)21-5)12-14-13-10-8-9-11-15(13)20(7-2)19-14/h8-11,16,18H,6-7,12H2,1-5H3. The number of hydrogen-bond acceptors (Lipinski definition) is 3. The number of aromatic nitrogens is 2. The van der Waals surface area contributed by atoms with E-state index in [1.807, 2.05) is 0 Å². The molecule has 0 aliphatic heterocycles. The first-order valence-electron chi connectivity index (χ1n) is 7.76. The van der Waals surface area contributed by atoms with E-state index in [2.05, 4.69) is 62.0 Å². The van der Waals surface area contributed by atoms with Crippen molar-refractivity contribution in [2.45, 2.75) is 52.3 Å². The Kier molecular flexibility index (Phi) is 5.01. The predicted octanol–water partition coefficient (Wildman–Crippen LogP) is 3.00. The predicted molar refractivity (Wildman–Crippen MR) is 87.7 cm³/mol. The second-order valence-electron chi connectivity index (χ2n) is 5.90. The number of methoxy groups -OCH3 is 1. The van der Waals surface area contributed by atoms with E-state index < -0.39 is 0 Å². The molecule has 2 aromatic rings. The van der Waals surface area contributed by atoms with Gasteiger partial charge in [0, 0.05) is 31.5 Å². The molecular weight excluding hydrogens is 262 g/mol. The lowest BCUT2D eigenvalue weighted by Gasteiger charge is -2.33. The molecule has 0 saturated heterocycles. The van der Waals surface area contributed by atoms with Gasteiger partial charge in [-0.3, -0.25) is 4.68 Å². The van der Waals surface area contributed by atoms with Crippen molar-refractivity contribution >= 4 is 10.9 Å². The molecule has 1 aromatic carbocycles. The quantitative estimate of drug-likeness (QED) is 0.851. The van der Waals surface area contributed by atoms with Crippen LogP contribution in [0.2, 0.25) is 0 Å². The number of rotatable bonds is 7. The molecule has 0 aliphatic rings. The normalized spacial score (nSPS) is 13.8. The molecule has 0 saturated carbocycles. The Morgan fingerprint density at radius 3 is 2.62 bits per heavy atom. The molecule has 116 valence electrons. The first kappa shape index (κ1) is 16.0. The van der Waals surface area contributed by atoms with Gasteiger partial charge in [-0.1, -0.05) is 25.1 Å². The minimum absolute atomic E-state index is 0.229. The van der Waals surface area contributed by atoms with Crippen molar-refractivity contribution in [3.63, 3.8) is 0 Å². The molecule has 0 amide bonds. The molecule has 0 spiro atoms. The maximum absolute atomic E-state index is 5.67. The van der Waals surface area contributed by atoms with Gasteiger partial charge >= 0.3 is 0 Å². The average Bonchev–Trinajstić information content (AvgIpc) is 2.85. The summed E-state index contributed by atoms with van der Waals surface area (Å²) in [6, 6.07) is 8.68. The number of nitrogens with zero attached hydrogens (tertiary/aromatic N) is 2. The van der Waals surface area contributed by atoms with E-state index >= 15 is 0 Å². The maximum atomic E-state index is 5.67. The summed E-state index contributed by atoms with van der Waals surface area (Å²) in [6.07, 6.45) is 0.863. The van der Waals surface area contributed by atoms with Crippen LogP contribution in [0, 0.1) is 0 Å². The van der Waals surface area contributed by atoms with Crippen molar-refractivity contribution in [2.75, 3.05) is 13.7 Å². The van der Waals surface area contributed by atoms with Crippen LogP contribution in [0.1, 0.15) is 33.4 Å². The van der Waals surface area contributed by atoms with Crippen molar-refractivity contribution in [1.29, 1.82) is 0 Å². The van der Waals surface area contributed by atoms with Gasteiger partial charge in [-0.25, -0.2) is 0 Å². The third kappa shape index (κ3) is 3.27. The van der Waals surface area contributed by atoms with Gasteiger partial charge in [0.25, 0.3) is 0 Å². The molecule has 1 N–H and O–H groups in total. The summed E-state index contributed by atoms with van der Waals surface area (Å²) in [5.41, 5.74) is 2.12. The summed E-state index contributed by atoms with van der Waals surface area (Å²) < 4.78 is 7.75. The smallest absolute Gasteiger partial charge is 0.0778 e. The Labute approximate surface area is 127 Å².